The van der Waals surface area contributed by atoms with Crippen LogP contribution >= 0.6 is 15.9 Å². The van der Waals surface area contributed by atoms with Gasteiger partial charge in [0.15, 0.2) is 0 Å². The highest BCUT2D eigenvalue weighted by atomic mass is 79.9. The van der Waals surface area contributed by atoms with E-state index < -0.39 is 0 Å². The highest BCUT2D eigenvalue weighted by molar-refractivity contribution is 9.10. The molecule has 0 aromatic heterocycles. The number of aryl methyl sites for hydroxylation is 2. The molecule has 1 nitrogen and oxygen atoms in total. The summed E-state index contributed by atoms with van der Waals surface area (Å²) in [5, 5.41) is 3.64. The minimum atomic E-state index is 0.460. The fourth-order valence-corrected chi connectivity index (χ4v) is 2.89. The van der Waals surface area contributed by atoms with Gasteiger partial charge in [-0.1, -0.05) is 40.2 Å². The number of benzene rings is 2. The zero-order valence-electron chi connectivity index (χ0n) is 10.4. The van der Waals surface area contributed by atoms with Crippen molar-refractivity contribution < 1.29 is 0 Å². The maximum absolute atomic E-state index is 3.64. The summed E-state index contributed by atoms with van der Waals surface area (Å²) in [7, 11) is 0. The standard InChI is InChI=1S/C16H16BrN/c1-11-10-13(7-8-15(11)17)18-16-9-6-12-4-2-3-5-14(12)16/h2-5,7-8,10,16,18H,6,9H2,1H3. The minimum absolute atomic E-state index is 0.460. The normalized spacial score (nSPS) is 17.6. The molecular formula is C16H16BrN. The first-order valence-corrected chi connectivity index (χ1v) is 7.14. The third-order valence-corrected chi connectivity index (χ3v) is 4.52. The molecule has 1 atom stereocenters. The third kappa shape index (κ3) is 2.17. The van der Waals surface area contributed by atoms with E-state index in [1.54, 1.807) is 0 Å². The highest BCUT2D eigenvalue weighted by Crippen LogP contribution is 2.34. The van der Waals surface area contributed by atoms with Gasteiger partial charge in [0.2, 0.25) is 0 Å². The maximum Gasteiger partial charge on any atom is 0.0519 e. The number of hydrogen-bond acceptors (Lipinski definition) is 1. The van der Waals surface area contributed by atoms with E-state index in [-0.39, 0.29) is 0 Å². The van der Waals surface area contributed by atoms with E-state index in [0.717, 1.165) is 0 Å². The molecule has 0 spiro atoms. The molecule has 2 heteroatoms. The van der Waals surface area contributed by atoms with Gasteiger partial charge >= 0.3 is 0 Å². The second kappa shape index (κ2) is 4.77. The van der Waals surface area contributed by atoms with Gasteiger partial charge in [0.25, 0.3) is 0 Å². The molecule has 18 heavy (non-hydrogen) atoms. The number of hydrogen-bond donors (Lipinski definition) is 1. The van der Waals surface area contributed by atoms with Crippen molar-refractivity contribution in [3.63, 3.8) is 0 Å². The van der Waals surface area contributed by atoms with Gasteiger partial charge in [-0.15, -0.1) is 0 Å². The van der Waals surface area contributed by atoms with Crippen molar-refractivity contribution in [2.45, 2.75) is 25.8 Å². The average molecular weight is 302 g/mol. The first kappa shape index (κ1) is 11.8. The van der Waals surface area contributed by atoms with Gasteiger partial charge in [0, 0.05) is 10.2 Å². The van der Waals surface area contributed by atoms with E-state index in [2.05, 4.69) is 70.6 Å². The molecule has 1 aliphatic rings. The van der Waals surface area contributed by atoms with Crippen molar-refractivity contribution >= 4 is 21.6 Å². The van der Waals surface area contributed by atoms with E-state index in [9.17, 15) is 0 Å². The largest absolute Gasteiger partial charge is 0.378 e. The Morgan fingerprint density at radius 1 is 1.17 bits per heavy atom. The Kier molecular flexibility index (Phi) is 3.13. The van der Waals surface area contributed by atoms with E-state index >= 15 is 0 Å². The lowest BCUT2D eigenvalue weighted by atomic mass is 10.1. The summed E-state index contributed by atoms with van der Waals surface area (Å²) in [5.41, 5.74) is 5.42. The fraction of sp³-hybridized carbons (Fsp3) is 0.250. The van der Waals surface area contributed by atoms with E-state index in [1.165, 1.54) is 39.7 Å². The summed E-state index contributed by atoms with van der Waals surface area (Å²) >= 11 is 3.54. The number of halogens is 1. The van der Waals surface area contributed by atoms with Gasteiger partial charge in [0.1, 0.15) is 0 Å². The molecule has 1 aliphatic carbocycles. The molecule has 0 saturated carbocycles. The van der Waals surface area contributed by atoms with E-state index in [0.29, 0.717) is 6.04 Å². The first-order valence-electron chi connectivity index (χ1n) is 6.34. The van der Waals surface area contributed by atoms with Crippen LogP contribution in [0.4, 0.5) is 5.69 Å². The lowest BCUT2D eigenvalue weighted by molar-refractivity contribution is 0.762. The molecular weight excluding hydrogens is 286 g/mol. The molecule has 2 aromatic rings. The first-order chi connectivity index (χ1) is 8.74. The molecule has 0 bridgehead atoms. The monoisotopic (exact) mass is 301 g/mol. The summed E-state index contributed by atoms with van der Waals surface area (Å²) in [4.78, 5) is 0. The van der Waals surface area contributed by atoms with Crippen LogP contribution in [0.2, 0.25) is 0 Å². The molecule has 0 fully saturated rings. The zero-order valence-corrected chi connectivity index (χ0v) is 12.0. The zero-order chi connectivity index (χ0) is 12.5. The quantitative estimate of drug-likeness (QED) is 0.835. The number of fused-ring (bicyclic) bond motifs is 1. The van der Waals surface area contributed by atoms with Crippen LogP contribution in [0, 0.1) is 6.92 Å². The van der Waals surface area contributed by atoms with Gasteiger partial charge < -0.3 is 5.32 Å². The number of rotatable bonds is 2. The summed E-state index contributed by atoms with van der Waals surface area (Å²) in [5.74, 6) is 0. The Morgan fingerprint density at radius 3 is 2.83 bits per heavy atom. The van der Waals surface area contributed by atoms with E-state index in [1.807, 2.05) is 0 Å². The van der Waals surface area contributed by atoms with Crippen LogP contribution < -0.4 is 5.32 Å². The Balaban J connectivity index is 1.84. The lowest BCUT2D eigenvalue weighted by Gasteiger charge is -2.16. The predicted molar refractivity (Wildman–Crippen MR) is 80.0 cm³/mol. The van der Waals surface area contributed by atoms with Crippen molar-refractivity contribution in [3.8, 4) is 0 Å². The van der Waals surface area contributed by atoms with Crippen molar-refractivity contribution in [1.29, 1.82) is 0 Å². The van der Waals surface area contributed by atoms with Crippen LogP contribution in [0.3, 0.4) is 0 Å². The molecule has 0 heterocycles. The van der Waals surface area contributed by atoms with Crippen LogP contribution in [0.25, 0.3) is 0 Å². The summed E-state index contributed by atoms with van der Waals surface area (Å²) in [6.45, 7) is 2.12. The molecule has 0 saturated heterocycles. The molecule has 1 N–H and O–H groups in total. The van der Waals surface area contributed by atoms with Crippen LogP contribution in [0.1, 0.15) is 29.2 Å². The van der Waals surface area contributed by atoms with Crippen LogP contribution in [0.15, 0.2) is 46.9 Å². The molecule has 2 aromatic carbocycles. The highest BCUT2D eigenvalue weighted by Gasteiger charge is 2.21. The molecule has 1 unspecified atom stereocenters. The van der Waals surface area contributed by atoms with Crippen molar-refractivity contribution in [2.24, 2.45) is 0 Å². The van der Waals surface area contributed by atoms with Gasteiger partial charge in [-0.05, 0) is 54.7 Å². The lowest BCUT2D eigenvalue weighted by Crippen LogP contribution is -2.07. The van der Waals surface area contributed by atoms with Crippen molar-refractivity contribution in [3.05, 3.63) is 63.6 Å². The number of anilines is 1. The van der Waals surface area contributed by atoms with Crippen molar-refractivity contribution in [2.75, 3.05) is 5.32 Å². The maximum atomic E-state index is 3.64. The molecule has 0 amide bonds. The van der Waals surface area contributed by atoms with Crippen molar-refractivity contribution in [1.82, 2.24) is 0 Å². The number of nitrogens with one attached hydrogen (secondary N) is 1. The fourth-order valence-electron chi connectivity index (χ4n) is 2.64. The van der Waals surface area contributed by atoms with Crippen LogP contribution in [0.5, 0.6) is 0 Å². The molecule has 3 rings (SSSR count). The second-order valence-electron chi connectivity index (χ2n) is 4.90. The van der Waals surface area contributed by atoms with Gasteiger partial charge in [-0.2, -0.15) is 0 Å². The summed E-state index contributed by atoms with van der Waals surface area (Å²) in [6, 6.07) is 15.6. The molecule has 0 aliphatic heterocycles. The average Bonchev–Trinajstić information content (AvgIpc) is 2.78. The summed E-state index contributed by atoms with van der Waals surface area (Å²) < 4.78 is 1.17. The van der Waals surface area contributed by atoms with Gasteiger partial charge in [0.05, 0.1) is 6.04 Å². The minimum Gasteiger partial charge on any atom is -0.378 e. The Bertz CT molecular complexity index is 577. The smallest absolute Gasteiger partial charge is 0.0519 e. The topological polar surface area (TPSA) is 12.0 Å². The Morgan fingerprint density at radius 2 is 2.00 bits per heavy atom. The van der Waals surface area contributed by atoms with Gasteiger partial charge in [-0.25, -0.2) is 0 Å². The Labute approximate surface area is 116 Å². The molecule has 92 valence electrons. The summed E-state index contributed by atoms with van der Waals surface area (Å²) in [6.07, 6.45) is 2.37. The van der Waals surface area contributed by atoms with Crippen LogP contribution in [-0.4, -0.2) is 0 Å². The second-order valence-corrected chi connectivity index (χ2v) is 5.75. The SMILES string of the molecule is Cc1cc(NC2CCc3ccccc32)ccc1Br. The Hall–Kier alpha value is -1.28. The molecule has 0 radical (unpaired) electrons. The van der Waals surface area contributed by atoms with Gasteiger partial charge in [-0.3, -0.25) is 0 Å². The predicted octanol–water partition coefficient (Wildman–Crippen LogP) is 4.86. The van der Waals surface area contributed by atoms with Crippen LogP contribution in [-0.2, 0) is 6.42 Å². The third-order valence-electron chi connectivity index (χ3n) is 3.63. The van der Waals surface area contributed by atoms with E-state index in [4.69, 9.17) is 0 Å².